The van der Waals surface area contributed by atoms with Gasteiger partial charge in [0.2, 0.25) is 0 Å². The number of rotatable bonds is 4. The summed E-state index contributed by atoms with van der Waals surface area (Å²) < 4.78 is 0. The Morgan fingerprint density at radius 2 is 1.94 bits per heavy atom. The maximum absolute atomic E-state index is 9.36. The summed E-state index contributed by atoms with van der Waals surface area (Å²) in [6, 6.07) is 10.2. The zero-order chi connectivity index (χ0) is 13.2. The van der Waals surface area contributed by atoms with Crippen molar-refractivity contribution in [1.29, 1.82) is 0 Å². The second-order valence-corrected chi connectivity index (χ2v) is 5.53. The third-order valence-electron chi connectivity index (χ3n) is 3.11. The Kier molecular flexibility index (Phi) is 3.53. The molecule has 0 aliphatic rings. The molecule has 0 saturated carbocycles. The Morgan fingerprint density at radius 1 is 1.22 bits per heavy atom. The molecular formula is C15H20N2O. The van der Waals surface area contributed by atoms with Crippen LogP contribution in [0.5, 0.6) is 0 Å². The molecule has 0 radical (unpaired) electrons. The predicted octanol–water partition coefficient (Wildman–Crippen LogP) is 2.69. The maximum Gasteiger partial charge on any atom is 0.136 e. The van der Waals surface area contributed by atoms with Crippen LogP contribution in [0.1, 0.15) is 13.8 Å². The van der Waals surface area contributed by atoms with Gasteiger partial charge >= 0.3 is 0 Å². The van der Waals surface area contributed by atoms with E-state index in [-0.39, 0.29) is 12.0 Å². The number of hydrogen-bond donors (Lipinski definition) is 1. The summed E-state index contributed by atoms with van der Waals surface area (Å²) in [5, 5.41) is 11.7. The van der Waals surface area contributed by atoms with Crippen LogP contribution in [0.4, 0.5) is 5.82 Å². The number of anilines is 1. The van der Waals surface area contributed by atoms with E-state index in [4.69, 9.17) is 0 Å². The van der Waals surface area contributed by atoms with E-state index in [1.54, 1.807) is 0 Å². The van der Waals surface area contributed by atoms with E-state index < -0.39 is 0 Å². The molecule has 18 heavy (non-hydrogen) atoms. The van der Waals surface area contributed by atoms with Crippen LogP contribution in [-0.4, -0.2) is 30.3 Å². The van der Waals surface area contributed by atoms with Crippen LogP contribution >= 0.6 is 0 Å². The number of pyridine rings is 1. The topological polar surface area (TPSA) is 36.4 Å². The van der Waals surface area contributed by atoms with Crippen LogP contribution in [0, 0.1) is 5.41 Å². The number of nitrogens with zero attached hydrogens (tertiary/aromatic N) is 2. The highest BCUT2D eigenvalue weighted by Gasteiger charge is 2.20. The van der Waals surface area contributed by atoms with Gasteiger partial charge in [-0.1, -0.05) is 38.1 Å². The summed E-state index contributed by atoms with van der Waals surface area (Å²) in [5.41, 5.74) is -0.132. The van der Waals surface area contributed by atoms with Crippen molar-refractivity contribution in [2.75, 3.05) is 25.1 Å². The third kappa shape index (κ3) is 2.62. The molecule has 0 bridgehead atoms. The second kappa shape index (κ2) is 4.94. The number of aromatic nitrogens is 1. The molecule has 96 valence electrons. The lowest BCUT2D eigenvalue weighted by atomic mass is 9.94. The molecule has 2 aromatic rings. The van der Waals surface area contributed by atoms with Gasteiger partial charge in [0, 0.05) is 37.2 Å². The number of fused-ring (bicyclic) bond motifs is 1. The van der Waals surface area contributed by atoms with Crippen LogP contribution in [-0.2, 0) is 0 Å². The van der Waals surface area contributed by atoms with Crippen molar-refractivity contribution in [2.24, 2.45) is 5.41 Å². The molecule has 0 spiro atoms. The summed E-state index contributed by atoms with van der Waals surface area (Å²) in [6.45, 7) is 5.04. The summed E-state index contributed by atoms with van der Waals surface area (Å²) >= 11 is 0. The minimum atomic E-state index is -0.132. The molecular weight excluding hydrogens is 224 g/mol. The molecule has 1 aromatic carbocycles. The summed E-state index contributed by atoms with van der Waals surface area (Å²) in [7, 11) is 2.02. The fourth-order valence-corrected chi connectivity index (χ4v) is 2.17. The zero-order valence-electron chi connectivity index (χ0n) is 11.2. The first-order chi connectivity index (χ1) is 8.53. The van der Waals surface area contributed by atoms with Crippen molar-refractivity contribution in [3.05, 3.63) is 36.5 Å². The van der Waals surface area contributed by atoms with E-state index >= 15 is 0 Å². The molecule has 0 aliphatic carbocycles. The maximum atomic E-state index is 9.36. The molecule has 3 heteroatoms. The molecule has 3 nitrogen and oxygen atoms in total. The fraction of sp³-hybridized carbons (Fsp3) is 0.400. The molecule has 0 atom stereocenters. The smallest absolute Gasteiger partial charge is 0.136 e. The van der Waals surface area contributed by atoms with E-state index in [1.807, 2.05) is 31.4 Å². The van der Waals surface area contributed by atoms with Crippen LogP contribution in [0.15, 0.2) is 36.5 Å². The second-order valence-electron chi connectivity index (χ2n) is 5.53. The number of aliphatic hydroxyl groups is 1. The molecule has 0 aliphatic heterocycles. The van der Waals surface area contributed by atoms with E-state index in [1.165, 1.54) is 5.39 Å². The monoisotopic (exact) mass is 244 g/mol. The lowest BCUT2D eigenvalue weighted by Gasteiger charge is -2.29. The summed E-state index contributed by atoms with van der Waals surface area (Å²) in [5.74, 6) is 0.967. The number of benzene rings is 1. The number of aliphatic hydroxyl groups excluding tert-OH is 1. The van der Waals surface area contributed by atoms with Crippen molar-refractivity contribution in [3.8, 4) is 0 Å². The first-order valence-corrected chi connectivity index (χ1v) is 6.19. The van der Waals surface area contributed by atoms with Gasteiger partial charge in [0.25, 0.3) is 0 Å². The Labute approximate surface area is 108 Å². The highest BCUT2D eigenvalue weighted by atomic mass is 16.3. The Hall–Kier alpha value is -1.61. The molecule has 2 rings (SSSR count). The van der Waals surface area contributed by atoms with E-state index in [0.29, 0.717) is 0 Å². The average molecular weight is 244 g/mol. The van der Waals surface area contributed by atoms with Gasteiger partial charge in [-0.25, -0.2) is 4.98 Å². The van der Waals surface area contributed by atoms with Crippen molar-refractivity contribution in [3.63, 3.8) is 0 Å². The van der Waals surface area contributed by atoms with Crippen LogP contribution in [0.3, 0.4) is 0 Å². The Bertz CT molecular complexity index is 532. The first kappa shape index (κ1) is 12.8. The highest BCUT2D eigenvalue weighted by Crippen LogP contribution is 2.25. The third-order valence-corrected chi connectivity index (χ3v) is 3.11. The van der Waals surface area contributed by atoms with E-state index in [2.05, 4.69) is 35.9 Å². The van der Waals surface area contributed by atoms with E-state index in [0.717, 1.165) is 17.7 Å². The lowest BCUT2D eigenvalue weighted by Crippen LogP contribution is -2.34. The van der Waals surface area contributed by atoms with Gasteiger partial charge in [-0.3, -0.25) is 0 Å². The minimum Gasteiger partial charge on any atom is -0.396 e. The average Bonchev–Trinajstić information content (AvgIpc) is 2.37. The van der Waals surface area contributed by atoms with Gasteiger partial charge in [0.1, 0.15) is 5.82 Å². The van der Waals surface area contributed by atoms with Crippen molar-refractivity contribution in [2.45, 2.75) is 13.8 Å². The molecule has 0 fully saturated rings. The summed E-state index contributed by atoms with van der Waals surface area (Å²) in [6.07, 6.45) is 1.83. The Morgan fingerprint density at radius 3 is 2.67 bits per heavy atom. The standard InChI is InChI=1S/C15H20N2O/c1-15(2,11-18)10-17(3)14-13-7-5-4-6-12(13)8-9-16-14/h4-9,18H,10-11H2,1-3H3. The molecule has 1 N–H and O–H groups in total. The summed E-state index contributed by atoms with van der Waals surface area (Å²) in [4.78, 5) is 6.58. The van der Waals surface area contributed by atoms with Crippen molar-refractivity contribution >= 4 is 16.6 Å². The fourth-order valence-electron chi connectivity index (χ4n) is 2.17. The lowest BCUT2D eigenvalue weighted by molar-refractivity contribution is 0.165. The molecule has 1 aromatic heterocycles. The quantitative estimate of drug-likeness (QED) is 0.898. The van der Waals surface area contributed by atoms with Gasteiger partial charge in [-0.05, 0) is 11.5 Å². The molecule has 1 heterocycles. The minimum absolute atomic E-state index is 0.132. The van der Waals surface area contributed by atoms with Gasteiger partial charge in [0.15, 0.2) is 0 Å². The van der Waals surface area contributed by atoms with Gasteiger partial charge in [-0.15, -0.1) is 0 Å². The van der Waals surface area contributed by atoms with Crippen molar-refractivity contribution < 1.29 is 5.11 Å². The Balaban J connectivity index is 2.36. The van der Waals surface area contributed by atoms with Gasteiger partial charge in [-0.2, -0.15) is 0 Å². The number of hydrogen-bond acceptors (Lipinski definition) is 3. The molecule has 0 saturated heterocycles. The van der Waals surface area contributed by atoms with Crippen LogP contribution in [0.25, 0.3) is 10.8 Å². The largest absolute Gasteiger partial charge is 0.396 e. The predicted molar refractivity (Wildman–Crippen MR) is 75.9 cm³/mol. The van der Waals surface area contributed by atoms with Gasteiger partial charge in [0.05, 0.1) is 0 Å². The van der Waals surface area contributed by atoms with Gasteiger partial charge < -0.3 is 10.0 Å². The first-order valence-electron chi connectivity index (χ1n) is 6.19. The highest BCUT2D eigenvalue weighted by molar-refractivity contribution is 5.91. The molecule has 0 amide bonds. The van der Waals surface area contributed by atoms with Crippen molar-refractivity contribution in [1.82, 2.24) is 4.98 Å². The SMILES string of the molecule is CN(CC(C)(C)CO)c1nccc2ccccc12. The van der Waals surface area contributed by atoms with E-state index in [9.17, 15) is 5.11 Å². The van der Waals surface area contributed by atoms with Crippen LogP contribution in [0.2, 0.25) is 0 Å². The zero-order valence-corrected chi connectivity index (χ0v) is 11.2. The molecule has 0 unspecified atom stereocenters. The van der Waals surface area contributed by atoms with Crippen LogP contribution < -0.4 is 4.90 Å². The normalized spacial score (nSPS) is 11.8.